The van der Waals surface area contributed by atoms with Gasteiger partial charge in [0.1, 0.15) is 0 Å². The summed E-state index contributed by atoms with van der Waals surface area (Å²) in [6, 6.07) is 12.3. The average molecular weight is 493 g/mol. The molecule has 1 heterocycles. The van der Waals surface area contributed by atoms with Gasteiger partial charge < -0.3 is 14.4 Å². The summed E-state index contributed by atoms with van der Waals surface area (Å²) < 4.78 is 9.83. The molecule has 33 heavy (non-hydrogen) atoms. The Morgan fingerprint density at radius 2 is 1.58 bits per heavy atom. The molecule has 1 aliphatic rings. The second kappa shape index (κ2) is 10.4. The Hall–Kier alpha value is -2.77. The number of amides is 2. The minimum absolute atomic E-state index is 0.0565. The molecular formula is C24H26Cl2N2O5. The third-order valence-electron chi connectivity index (χ3n) is 5.74. The molecule has 2 aromatic carbocycles. The average Bonchev–Trinajstić information content (AvgIpc) is 2.78. The number of anilines is 1. The molecule has 0 radical (unpaired) electrons. The minimum Gasteiger partial charge on any atom is -0.469 e. The lowest BCUT2D eigenvalue weighted by Gasteiger charge is -2.47. The summed E-state index contributed by atoms with van der Waals surface area (Å²) in [7, 11) is 2.59. The van der Waals surface area contributed by atoms with Crippen LogP contribution in [0.2, 0.25) is 10.0 Å². The molecule has 7 nitrogen and oxygen atoms in total. The zero-order valence-corrected chi connectivity index (χ0v) is 20.3. The Bertz CT molecular complexity index is 1020. The Balaban J connectivity index is 2.04. The third-order valence-corrected chi connectivity index (χ3v) is 6.32. The number of carbonyl (C=O) groups excluding carboxylic acids is 3. The van der Waals surface area contributed by atoms with Crippen LogP contribution >= 0.6 is 23.2 Å². The minimum atomic E-state index is -0.919. The molecule has 0 N–H and O–H groups in total. The zero-order valence-electron chi connectivity index (χ0n) is 18.8. The number of carbonyl (C=O) groups is 3. The highest BCUT2D eigenvalue weighted by Gasteiger charge is 2.46. The van der Waals surface area contributed by atoms with Crippen molar-refractivity contribution in [1.82, 2.24) is 4.90 Å². The van der Waals surface area contributed by atoms with Crippen LogP contribution in [0.15, 0.2) is 42.5 Å². The second-order valence-electron chi connectivity index (χ2n) is 8.30. The van der Waals surface area contributed by atoms with Crippen LogP contribution in [0.3, 0.4) is 0 Å². The second-order valence-corrected chi connectivity index (χ2v) is 9.15. The van der Waals surface area contributed by atoms with E-state index in [1.807, 2.05) is 31.2 Å². The smallest absolute Gasteiger partial charge is 0.324 e. The molecule has 1 saturated heterocycles. The van der Waals surface area contributed by atoms with Crippen LogP contribution in [0.4, 0.5) is 10.5 Å². The first-order chi connectivity index (χ1) is 15.7. The van der Waals surface area contributed by atoms with Gasteiger partial charge in [0.15, 0.2) is 0 Å². The molecule has 0 unspecified atom stereocenters. The summed E-state index contributed by atoms with van der Waals surface area (Å²) in [5.41, 5.74) is 1.49. The summed E-state index contributed by atoms with van der Waals surface area (Å²) >= 11 is 12.4. The van der Waals surface area contributed by atoms with Crippen LogP contribution in [0, 0.1) is 12.3 Å². The number of nitrogens with zero attached hydrogens (tertiary/aromatic N) is 2. The number of aryl methyl sites for hydroxylation is 1. The van der Waals surface area contributed by atoms with Gasteiger partial charge in [-0.25, -0.2) is 4.79 Å². The van der Waals surface area contributed by atoms with Crippen molar-refractivity contribution in [1.29, 1.82) is 0 Å². The zero-order chi connectivity index (χ0) is 24.2. The molecular weight excluding hydrogens is 467 g/mol. The maximum Gasteiger partial charge on any atom is 0.324 e. The molecule has 1 fully saturated rings. The van der Waals surface area contributed by atoms with Crippen molar-refractivity contribution in [3.8, 4) is 0 Å². The van der Waals surface area contributed by atoms with E-state index in [1.165, 1.54) is 14.2 Å². The van der Waals surface area contributed by atoms with Gasteiger partial charge in [0, 0.05) is 40.8 Å². The van der Waals surface area contributed by atoms with Gasteiger partial charge in [0.2, 0.25) is 0 Å². The van der Waals surface area contributed by atoms with E-state index in [4.69, 9.17) is 32.7 Å². The van der Waals surface area contributed by atoms with Gasteiger partial charge in [0.05, 0.1) is 27.1 Å². The van der Waals surface area contributed by atoms with Gasteiger partial charge in [-0.3, -0.25) is 14.5 Å². The van der Waals surface area contributed by atoms with E-state index in [0.29, 0.717) is 21.3 Å². The lowest BCUT2D eigenvalue weighted by molar-refractivity contribution is -0.148. The lowest BCUT2D eigenvalue weighted by Crippen LogP contribution is -2.59. The van der Waals surface area contributed by atoms with Crippen LogP contribution in [0.5, 0.6) is 0 Å². The van der Waals surface area contributed by atoms with Crippen molar-refractivity contribution in [2.45, 2.75) is 26.3 Å². The molecule has 176 valence electrons. The van der Waals surface area contributed by atoms with E-state index in [0.717, 1.165) is 5.56 Å². The maximum absolute atomic E-state index is 13.5. The number of ether oxygens (including phenoxy) is 2. The van der Waals surface area contributed by atoms with E-state index >= 15 is 0 Å². The summed E-state index contributed by atoms with van der Waals surface area (Å²) in [5.74, 6) is -0.942. The first-order valence-electron chi connectivity index (χ1n) is 10.4. The normalized spacial score (nSPS) is 15.4. The fraction of sp³-hybridized carbons (Fsp3) is 0.375. The van der Waals surface area contributed by atoms with Crippen molar-refractivity contribution in [2.75, 3.05) is 32.2 Å². The monoisotopic (exact) mass is 492 g/mol. The van der Waals surface area contributed by atoms with E-state index < -0.39 is 17.4 Å². The van der Waals surface area contributed by atoms with Crippen LogP contribution in [-0.4, -0.2) is 50.2 Å². The molecule has 0 bridgehead atoms. The maximum atomic E-state index is 13.5. The predicted molar refractivity (Wildman–Crippen MR) is 126 cm³/mol. The standard InChI is InChI=1S/C24H26Cl2N2O5/c1-16-4-8-19(9-5-16)28-15-24(11-21(29)32-2,12-22(30)33-3)14-27(23(28)31)13-17-6-7-18(25)10-20(17)26/h4-10H,11-15H2,1-3H3. The van der Waals surface area contributed by atoms with Crippen LogP contribution in [0.1, 0.15) is 24.0 Å². The molecule has 1 aliphatic heterocycles. The summed E-state index contributed by atoms with van der Waals surface area (Å²) in [6.07, 6.45) is -0.113. The van der Waals surface area contributed by atoms with Gasteiger partial charge in [0.25, 0.3) is 0 Å². The number of halogens is 2. The van der Waals surface area contributed by atoms with Gasteiger partial charge >= 0.3 is 18.0 Å². The Labute approximate surface area is 203 Å². The Morgan fingerprint density at radius 1 is 0.970 bits per heavy atom. The van der Waals surface area contributed by atoms with Crippen molar-refractivity contribution >= 4 is 46.9 Å². The summed E-state index contributed by atoms with van der Waals surface area (Å²) in [5, 5.41) is 0.912. The number of esters is 2. The van der Waals surface area contributed by atoms with Crippen LogP contribution in [0.25, 0.3) is 0 Å². The van der Waals surface area contributed by atoms with Gasteiger partial charge in [-0.1, -0.05) is 47.0 Å². The molecule has 2 amide bonds. The lowest BCUT2D eigenvalue weighted by atomic mass is 9.78. The highest BCUT2D eigenvalue weighted by atomic mass is 35.5. The van der Waals surface area contributed by atoms with Crippen LogP contribution < -0.4 is 4.90 Å². The summed E-state index contributed by atoms with van der Waals surface area (Å²) in [6.45, 7) is 2.44. The predicted octanol–water partition coefficient (Wildman–Crippen LogP) is 4.86. The number of methoxy groups -OCH3 is 2. The number of hydrogen-bond acceptors (Lipinski definition) is 5. The molecule has 2 aromatic rings. The first-order valence-corrected chi connectivity index (χ1v) is 11.1. The van der Waals surface area contributed by atoms with Crippen molar-refractivity contribution < 1.29 is 23.9 Å². The number of rotatable bonds is 7. The highest BCUT2D eigenvalue weighted by Crippen LogP contribution is 2.38. The van der Waals surface area contributed by atoms with Gasteiger partial charge in [-0.2, -0.15) is 0 Å². The first kappa shape index (κ1) is 24.9. The molecule has 0 aromatic heterocycles. The molecule has 3 rings (SSSR count). The SMILES string of the molecule is COC(=O)CC1(CC(=O)OC)CN(Cc2ccc(Cl)cc2Cl)C(=O)N(c2ccc(C)cc2)C1. The van der Waals surface area contributed by atoms with Crippen molar-refractivity contribution in [3.63, 3.8) is 0 Å². The van der Waals surface area contributed by atoms with Gasteiger partial charge in [-0.15, -0.1) is 0 Å². The highest BCUT2D eigenvalue weighted by molar-refractivity contribution is 6.35. The van der Waals surface area contributed by atoms with E-state index in [9.17, 15) is 14.4 Å². The van der Waals surface area contributed by atoms with E-state index in [2.05, 4.69) is 0 Å². The fourth-order valence-corrected chi connectivity index (χ4v) is 4.51. The quantitative estimate of drug-likeness (QED) is 0.516. The molecule has 0 spiro atoms. The van der Waals surface area contributed by atoms with Gasteiger partial charge in [-0.05, 0) is 36.8 Å². The van der Waals surface area contributed by atoms with E-state index in [-0.39, 0.29) is 38.5 Å². The van der Waals surface area contributed by atoms with E-state index in [1.54, 1.807) is 28.0 Å². The van der Waals surface area contributed by atoms with Crippen LogP contribution in [-0.2, 0) is 25.6 Å². The third kappa shape index (κ3) is 5.97. The Morgan fingerprint density at radius 3 is 2.12 bits per heavy atom. The summed E-state index contributed by atoms with van der Waals surface area (Å²) in [4.78, 5) is 41.4. The molecule has 0 aliphatic carbocycles. The van der Waals surface area contributed by atoms with Crippen molar-refractivity contribution in [2.24, 2.45) is 5.41 Å². The fourth-order valence-electron chi connectivity index (χ4n) is 4.04. The number of benzene rings is 2. The number of urea groups is 1. The largest absolute Gasteiger partial charge is 0.469 e. The topological polar surface area (TPSA) is 76.2 Å². The number of hydrogen-bond donors (Lipinski definition) is 0. The molecule has 0 saturated carbocycles. The van der Waals surface area contributed by atoms with Crippen molar-refractivity contribution in [3.05, 3.63) is 63.6 Å². The molecule has 0 atom stereocenters. The molecule has 9 heteroatoms. The Kier molecular flexibility index (Phi) is 7.87.